The first-order valence-corrected chi connectivity index (χ1v) is 10.3. The Hall–Kier alpha value is -1.71. The molecular weight excluding hydrogens is 517 g/mol. The fourth-order valence-corrected chi connectivity index (χ4v) is 4.17. The normalized spacial score (nSPS) is 18.1. The fourth-order valence-electron chi connectivity index (χ4n) is 3.83. The van der Waals surface area contributed by atoms with Crippen molar-refractivity contribution in [2.24, 2.45) is 10.7 Å². The summed E-state index contributed by atoms with van der Waals surface area (Å²) in [4.78, 5) is 4.66. The number of anilines is 1. The van der Waals surface area contributed by atoms with E-state index in [1.54, 1.807) is 0 Å². The Labute approximate surface area is 199 Å². The molecule has 0 atom stereocenters. The molecule has 3 N–H and O–H groups in total. The van der Waals surface area contributed by atoms with Crippen molar-refractivity contribution in [1.29, 1.82) is 0 Å². The van der Waals surface area contributed by atoms with Crippen LogP contribution in [0.2, 0.25) is 5.02 Å². The molecule has 0 saturated carbocycles. The maximum atomic E-state index is 6.51. The number of fused-ring (bicyclic) bond motifs is 1. The van der Waals surface area contributed by atoms with Crippen LogP contribution in [-0.4, -0.2) is 38.9 Å². The highest BCUT2D eigenvalue weighted by atomic mass is 127. The van der Waals surface area contributed by atoms with Gasteiger partial charge in [0.05, 0.1) is 19.8 Å². The predicted molar refractivity (Wildman–Crippen MR) is 131 cm³/mol. The van der Waals surface area contributed by atoms with Crippen molar-refractivity contribution in [2.45, 2.75) is 24.7 Å². The lowest BCUT2D eigenvalue weighted by atomic mass is 9.74. The highest BCUT2D eigenvalue weighted by Crippen LogP contribution is 2.39. The van der Waals surface area contributed by atoms with Crippen LogP contribution in [0.3, 0.4) is 0 Å². The van der Waals surface area contributed by atoms with Gasteiger partial charge in [0.15, 0.2) is 17.5 Å². The zero-order valence-corrected chi connectivity index (χ0v) is 19.8. The Morgan fingerprint density at radius 2 is 1.77 bits per heavy atom. The van der Waals surface area contributed by atoms with Gasteiger partial charge in [0.2, 0.25) is 0 Å². The highest BCUT2D eigenvalue weighted by Gasteiger charge is 2.36. The Morgan fingerprint density at radius 1 is 1.03 bits per heavy atom. The van der Waals surface area contributed by atoms with Gasteiger partial charge in [0.1, 0.15) is 0 Å². The van der Waals surface area contributed by atoms with E-state index in [4.69, 9.17) is 31.5 Å². The Morgan fingerprint density at radius 3 is 2.53 bits per heavy atom. The number of hydrogen-bond acceptors (Lipinski definition) is 4. The summed E-state index contributed by atoms with van der Waals surface area (Å²) in [6, 6.07) is 13.7. The summed E-state index contributed by atoms with van der Waals surface area (Å²) in [6.07, 6.45) is 2.59. The van der Waals surface area contributed by atoms with E-state index in [0.29, 0.717) is 38.9 Å². The average molecular weight is 544 g/mol. The van der Waals surface area contributed by atoms with Gasteiger partial charge in [-0.1, -0.05) is 29.8 Å². The summed E-state index contributed by atoms with van der Waals surface area (Å²) >= 11 is 6.51. The van der Waals surface area contributed by atoms with Gasteiger partial charge in [-0.3, -0.25) is 4.99 Å². The number of guanidine groups is 1. The van der Waals surface area contributed by atoms with Crippen molar-refractivity contribution in [1.82, 2.24) is 0 Å². The molecule has 0 spiro atoms. The van der Waals surface area contributed by atoms with E-state index in [1.165, 1.54) is 0 Å². The largest absolute Gasteiger partial charge is 0.490 e. The van der Waals surface area contributed by atoms with Crippen LogP contribution in [0.5, 0.6) is 11.5 Å². The number of halogens is 2. The molecule has 1 saturated heterocycles. The number of nitrogens with two attached hydrogens (primary N) is 1. The number of hydrogen-bond donors (Lipinski definition) is 2. The van der Waals surface area contributed by atoms with Crippen molar-refractivity contribution >= 4 is 47.2 Å². The summed E-state index contributed by atoms with van der Waals surface area (Å²) in [7, 11) is 0. The molecule has 0 bridgehead atoms. The molecule has 4 rings (SSSR count). The van der Waals surface area contributed by atoms with Gasteiger partial charge >= 0.3 is 0 Å². The van der Waals surface area contributed by atoms with Gasteiger partial charge < -0.3 is 25.3 Å². The van der Waals surface area contributed by atoms with E-state index in [-0.39, 0.29) is 29.4 Å². The van der Waals surface area contributed by atoms with Crippen molar-refractivity contribution in [2.75, 3.05) is 38.3 Å². The third-order valence-electron chi connectivity index (χ3n) is 5.47. The molecule has 8 heteroatoms. The fraction of sp³-hybridized carbons (Fsp3) is 0.409. The molecular formula is C22H27ClIN3O3. The zero-order valence-electron chi connectivity index (χ0n) is 16.7. The molecule has 162 valence electrons. The van der Waals surface area contributed by atoms with E-state index >= 15 is 0 Å². The maximum Gasteiger partial charge on any atom is 0.193 e. The molecule has 2 aliphatic heterocycles. The van der Waals surface area contributed by atoms with Crippen molar-refractivity contribution in [3.63, 3.8) is 0 Å². The van der Waals surface area contributed by atoms with E-state index in [0.717, 1.165) is 47.0 Å². The van der Waals surface area contributed by atoms with Crippen LogP contribution in [0.4, 0.5) is 5.69 Å². The lowest BCUT2D eigenvalue weighted by Crippen LogP contribution is -2.38. The molecule has 0 radical (unpaired) electrons. The summed E-state index contributed by atoms with van der Waals surface area (Å²) in [5.41, 5.74) is 7.96. The molecule has 2 aromatic carbocycles. The second-order valence-electron chi connectivity index (χ2n) is 7.41. The molecule has 6 nitrogen and oxygen atoms in total. The summed E-state index contributed by atoms with van der Waals surface area (Å²) in [6.45, 7) is 3.23. The second-order valence-corrected chi connectivity index (χ2v) is 7.82. The maximum absolute atomic E-state index is 6.51. The zero-order chi connectivity index (χ0) is 20.1. The van der Waals surface area contributed by atoms with Crippen molar-refractivity contribution in [3.8, 4) is 11.5 Å². The minimum absolute atomic E-state index is 0. The SMILES string of the molecule is I.NC(=NCC1(c2ccccc2Cl)CCOCC1)Nc1ccc2c(c1)OCCCO2. The number of nitrogens with one attached hydrogen (secondary N) is 1. The lowest BCUT2D eigenvalue weighted by Gasteiger charge is -2.37. The molecule has 2 aliphatic rings. The molecule has 2 aromatic rings. The van der Waals surface area contributed by atoms with Gasteiger partial charge in [-0.15, -0.1) is 24.0 Å². The van der Waals surface area contributed by atoms with Gasteiger partial charge in [0, 0.05) is 41.8 Å². The first-order valence-electron chi connectivity index (χ1n) is 9.96. The van der Waals surface area contributed by atoms with Crippen LogP contribution >= 0.6 is 35.6 Å². The first kappa shape index (κ1) is 23.0. The molecule has 0 aromatic heterocycles. The molecule has 0 amide bonds. The number of ether oxygens (including phenoxy) is 3. The quantitative estimate of drug-likeness (QED) is 0.335. The number of benzene rings is 2. The monoisotopic (exact) mass is 543 g/mol. The van der Waals surface area contributed by atoms with Gasteiger partial charge in [-0.25, -0.2) is 0 Å². The van der Waals surface area contributed by atoms with Crippen LogP contribution < -0.4 is 20.5 Å². The van der Waals surface area contributed by atoms with Crippen LogP contribution in [0.15, 0.2) is 47.5 Å². The van der Waals surface area contributed by atoms with E-state index in [2.05, 4.69) is 16.4 Å². The third-order valence-corrected chi connectivity index (χ3v) is 5.80. The first-order chi connectivity index (χ1) is 14.2. The van der Waals surface area contributed by atoms with Gasteiger partial charge in [-0.2, -0.15) is 0 Å². The summed E-state index contributed by atoms with van der Waals surface area (Å²) in [5.74, 6) is 1.83. The topological polar surface area (TPSA) is 78.1 Å². The van der Waals surface area contributed by atoms with Crippen molar-refractivity contribution < 1.29 is 14.2 Å². The number of nitrogens with zero attached hydrogens (tertiary/aromatic N) is 1. The van der Waals surface area contributed by atoms with Crippen LogP contribution in [0.25, 0.3) is 0 Å². The van der Waals surface area contributed by atoms with Crippen LogP contribution in [0.1, 0.15) is 24.8 Å². The molecule has 30 heavy (non-hydrogen) atoms. The molecule has 2 heterocycles. The summed E-state index contributed by atoms with van der Waals surface area (Å²) < 4.78 is 17.0. The predicted octanol–water partition coefficient (Wildman–Crippen LogP) is 4.59. The number of rotatable bonds is 4. The van der Waals surface area contributed by atoms with Crippen LogP contribution in [0, 0.1) is 0 Å². The Balaban J connectivity index is 0.00000256. The minimum atomic E-state index is -0.173. The molecule has 0 unspecified atom stereocenters. The molecule has 1 fully saturated rings. The second kappa shape index (κ2) is 10.5. The average Bonchev–Trinajstić information content (AvgIpc) is 2.98. The Kier molecular flexibility index (Phi) is 8.07. The van der Waals surface area contributed by atoms with Gasteiger partial charge in [-0.05, 0) is 36.6 Å². The lowest BCUT2D eigenvalue weighted by molar-refractivity contribution is 0.0532. The van der Waals surface area contributed by atoms with E-state index < -0.39 is 0 Å². The van der Waals surface area contributed by atoms with Crippen LogP contribution in [-0.2, 0) is 10.2 Å². The highest BCUT2D eigenvalue weighted by molar-refractivity contribution is 14.0. The minimum Gasteiger partial charge on any atom is -0.490 e. The van der Waals surface area contributed by atoms with E-state index in [1.807, 2.05) is 36.4 Å². The smallest absolute Gasteiger partial charge is 0.193 e. The number of aliphatic imine (C=N–C) groups is 1. The third kappa shape index (κ3) is 5.31. The molecule has 0 aliphatic carbocycles. The van der Waals surface area contributed by atoms with Crippen molar-refractivity contribution in [3.05, 3.63) is 53.1 Å². The van der Waals surface area contributed by atoms with E-state index in [9.17, 15) is 0 Å². The van der Waals surface area contributed by atoms with Gasteiger partial charge in [0.25, 0.3) is 0 Å². The Bertz CT molecular complexity index is 888. The standard InChI is InChI=1S/C22H26ClN3O3.HI/c23-18-5-2-1-4-17(18)22(8-12-27-13-9-22)15-25-21(24)26-16-6-7-19-20(14-16)29-11-3-10-28-19;/h1-2,4-7,14H,3,8-13,15H2,(H3,24,25,26);1H. The summed E-state index contributed by atoms with van der Waals surface area (Å²) in [5, 5.41) is 3.93.